The third-order valence-electron chi connectivity index (χ3n) is 3.42. The first-order chi connectivity index (χ1) is 10.5. The van der Waals surface area contributed by atoms with Gasteiger partial charge in [-0.1, -0.05) is 30.9 Å². The zero-order valence-corrected chi connectivity index (χ0v) is 13.1. The van der Waals surface area contributed by atoms with Crippen LogP contribution >= 0.6 is 0 Å². The number of amides is 1. The predicted octanol–water partition coefficient (Wildman–Crippen LogP) is 3.10. The van der Waals surface area contributed by atoms with Crippen LogP contribution < -0.4 is 5.32 Å². The summed E-state index contributed by atoms with van der Waals surface area (Å²) in [5.41, 5.74) is 3.42. The molecule has 2 aromatic rings. The lowest BCUT2D eigenvalue weighted by Gasteiger charge is -2.09. The third-order valence-corrected chi connectivity index (χ3v) is 3.42. The lowest BCUT2D eigenvalue weighted by atomic mass is 10.2. The van der Waals surface area contributed by atoms with Crippen LogP contribution in [0.5, 0.6) is 0 Å². The number of aromatic nitrogens is 2. The lowest BCUT2D eigenvalue weighted by molar-refractivity contribution is -0.117. The van der Waals surface area contributed by atoms with Crippen LogP contribution in [0.25, 0.3) is 5.69 Å². The summed E-state index contributed by atoms with van der Waals surface area (Å²) in [6.45, 7) is 11.5. The van der Waals surface area contributed by atoms with Crippen molar-refractivity contribution in [3.8, 4) is 5.69 Å². The normalized spacial score (nSPS) is 10.3. The van der Waals surface area contributed by atoms with Gasteiger partial charge in [0.15, 0.2) is 0 Å². The Kier molecular flexibility index (Phi) is 4.94. The minimum Gasteiger partial charge on any atom is -0.347 e. The van der Waals surface area contributed by atoms with E-state index < -0.39 is 0 Å². The Morgan fingerprint density at radius 2 is 2.05 bits per heavy atom. The summed E-state index contributed by atoms with van der Waals surface area (Å²) in [6, 6.07) is 10.1. The Labute approximate surface area is 131 Å². The van der Waals surface area contributed by atoms with E-state index >= 15 is 0 Å². The lowest BCUT2D eigenvalue weighted by Crippen LogP contribution is -2.23. The summed E-state index contributed by atoms with van der Waals surface area (Å²) in [6.07, 6.45) is 2.50. The van der Waals surface area contributed by atoms with Gasteiger partial charge in [0.25, 0.3) is 0 Å². The zero-order chi connectivity index (χ0) is 16.1. The quantitative estimate of drug-likeness (QED) is 0.657. The van der Waals surface area contributed by atoms with Crippen LogP contribution in [0.3, 0.4) is 0 Å². The van der Waals surface area contributed by atoms with Crippen molar-refractivity contribution in [2.45, 2.75) is 26.8 Å². The van der Waals surface area contributed by atoms with Crippen molar-refractivity contribution in [1.29, 1.82) is 0 Å². The van der Waals surface area contributed by atoms with E-state index in [2.05, 4.69) is 28.0 Å². The number of para-hydroxylation sites is 1. The fourth-order valence-corrected chi connectivity index (χ4v) is 2.28. The molecule has 4 heteroatoms. The number of nitrogens with zero attached hydrogens (tertiary/aromatic N) is 2. The predicted molar refractivity (Wildman–Crippen MR) is 88.9 cm³/mol. The molecule has 2 rings (SSSR count). The highest BCUT2D eigenvalue weighted by atomic mass is 16.1. The molecule has 22 heavy (non-hydrogen) atoms. The molecule has 0 unspecified atom stereocenters. The summed E-state index contributed by atoms with van der Waals surface area (Å²) >= 11 is 0. The molecule has 0 aliphatic carbocycles. The SMILES string of the molecule is C=CCc1nc(CNC(=O)C(=C)C)c(C)n1-c1ccccc1. The van der Waals surface area contributed by atoms with Gasteiger partial charge in [-0.2, -0.15) is 0 Å². The van der Waals surface area contributed by atoms with Gasteiger partial charge in [-0.15, -0.1) is 6.58 Å². The molecular formula is C18H21N3O. The van der Waals surface area contributed by atoms with Gasteiger partial charge >= 0.3 is 0 Å². The highest BCUT2D eigenvalue weighted by Crippen LogP contribution is 2.19. The number of nitrogens with one attached hydrogen (secondary N) is 1. The van der Waals surface area contributed by atoms with E-state index in [1.165, 1.54) is 0 Å². The van der Waals surface area contributed by atoms with E-state index in [1.807, 2.05) is 43.3 Å². The standard InChI is InChI=1S/C18H21N3O/c1-5-9-17-20-16(12-19-18(22)13(2)3)14(4)21(17)15-10-7-6-8-11-15/h5-8,10-11H,1-2,9,12H2,3-4H3,(H,19,22). The molecule has 0 bridgehead atoms. The Bertz CT molecular complexity index is 699. The van der Waals surface area contributed by atoms with Crippen molar-refractivity contribution in [1.82, 2.24) is 14.9 Å². The molecule has 114 valence electrons. The largest absolute Gasteiger partial charge is 0.347 e. The summed E-state index contributed by atoms with van der Waals surface area (Å²) in [4.78, 5) is 16.3. The molecule has 0 saturated heterocycles. The molecule has 1 heterocycles. The first kappa shape index (κ1) is 15.8. The summed E-state index contributed by atoms with van der Waals surface area (Å²) in [5.74, 6) is 0.761. The molecule has 0 radical (unpaired) electrons. The number of hydrogen-bond donors (Lipinski definition) is 1. The maximum absolute atomic E-state index is 11.7. The first-order valence-electron chi connectivity index (χ1n) is 7.21. The van der Waals surface area contributed by atoms with Crippen LogP contribution in [0.1, 0.15) is 24.1 Å². The summed E-state index contributed by atoms with van der Waals surface area (Å²) < 4.78 is 2.10. The zero-order valence-electron chi connectivity index (χ0n) is 13.1. The second kappa shape index (κ2) is 6.89. The molecule has 0 aliphatic heterocycles. The number of allylic oxidation sites excluding steroid dienone is 1. The van der Waals surface area contributed by atoms with Crippen LogP contribution in [0.4, 0.5) is 0 Å². The van der Waals surface area contributed by atoms with Crippen molar-refractivity contribution in [2.24, 2.45) is 0 Å². The average Bonchev–Trinajstić information content (AvgIpc) is 2.82. The first-order valence-corrected chi connectivity index (χ1v) is 7.21. The molecular weight excluding hydrogens is 274 g/mol. The molecule has 1 aromatic heterocycles. The van der Waals surface area contributed by atoms with Crippen LogP contribution in [0, 0.1) is 6.92 Å². The average molecular weight is 295 g/mol. The number of imidazole rings is 1. The highest BCUT2D eigenvalue weighted by Gasteiger charge is 2.15. The minimum atomic E-state index is -0.154. The van der Waals surface area contributed by atoms with E-state index in [4.69, 9.17) is 0 Å². The van der Waals surface area contributed by atoms with Gasteiger partial charge in [0.1, 0.15) is 5.82 Å². The second-order valence-corrected chi connectivity index (χ2v) is 5.19. The second-order valence-electron chi connectivity index (χ2n) is 5.19. The minimum absolute atomic E-state index is 0.154. The number of carbonyl (C=O) groups is 1. The molecule has 1 amide bonds. The van der Waals surface area contributed by atoms with Crippen molar-refractivity contribution in [2.75, 3.05) is 0 Å². The van der Waals surface area contributed by atoms with Gasteiger partial charge in [-0.3, -0.25) is 4.79 Å². The Hall–Kier alpha value is -2.62. The Balaban J connectivity index is 2.35. The van der Waals surface area contributed by atoms with E-state index in [-0.39, 0.29) is 5.91 Å². The summed E-state index contributed by atoms with van der Waals surface area (Å²) in [5, 5.41) is 2.83. The Morgan fingerprint density at radius 1 is 1.36 bits per heavy atom. The van der Waals surface area contributed by atoms with E-state index in [9.17, 15) is 4.79 Å². The van der Waals surface area contributed by atoms with Crippen molar-refractivity contribution in [3.05, 3.63) is 72.4 Å². The van der Waals surface area contributed by atoms with Crippen molar-refractivity contribution >= 4 is 5.91 Å². The van der Waals surface area contributed by atoms with Gasteiger partial charge in [0, 0.05) is 23.4 Å². The van der Waals surface area contributed by atoms with Crippen LogP contribution in [0.15, 0.2) is 55.1 Å². The topological polar surface area (TPSA) is 46.9 Å². The molecule has 0 aliphatic rings. The van der Waals surface area contributed by atoms with Crippen molar-refractivity contribution < 1.29 is 4.79 Å². The number of hydrogen-bond acceptors (Lipinski definition) is 2. The van der Waals surface area contributed by atoms with Gasteiger partial charge in [-0.25, -0.2) is 4.98 Å². The maximum atomic E-state index is 11.7. The number of rotatable bonds is 6. The monoisotopic (exact) mass is 295 g/mol. The van der Waals surface area contributed by atoms with Gasteiger partial charge in [-0.05, 0) is 26.0 Å². The molecule has 1 aromatic carbocycles. The highest BCUT2D eigenvalue weighted by molar-refractivity contribution is 5.91. The third kappa shape index (κ3) is 3.34. The maximum Gasteiger partial charge on any atom is 0.246 e. The summed E-state index contributed by atoms with van der Waals surface area (Å²) in [7, 11) is 0. The van der Waals surface area contributed by atoms with Crippen LogP contribution in [-0.2, 0) is 17.8 Å². The van der Waals surface area contributed by atoms with E-state index in [0.29, 0.717) is 18.5 Å². The van der Waals surface area contributed by atoms with Gasteiger partial charge < -0.3 is 9.88 Å². The molecule has 0 saturated carbocycles. The smallest absolute Gasteiger partial charge is 0.246 e. The fourth-order valence-electron chi connectivity index (χ4n) is 2.28. The molecule has 1 N–H and O–H groups in total. The van der Waals surface area contributed by atoms with Crippen LogP contribution in [0.2, 0.25) is 0 Å². The number of benzene rings is 1. The van der Waals surface area contributed by atoms with E-state index in [1.54, 1.807) is 6.92 Å². The van der Waals surface area contributed by atoms with Gasteiger partial charge in [0.05, 0.1) is 12.2 Å². The number of carbonyl (C=O) groups excluding carboxylic acids is 1. The molecule has 4 nitrogen and oxygen atoms in total. The van der Waals surface area contributed by atoms with Crippen molar-refractivity contribution in [3.63, 3.8) is 0 Å². The van der Waals surface area contributed by atoms with E-state index in [0.717, 1.165) is 22.9 Å². The molecule has 0 atom stereocenters. The molecule has 0 spiro atoms. The van der Waals surface area contributed by atoms with Gasteiger partial charge in [0.2, 0.25) is 5.91 Å². The fraction of sp³-hybridized carbons (Fsp3) is 0.222. The molecule has 0 fully saturated rings. The Morgan fingerprint density at radius 3 is 2.64 bits per heavy atom. The van der Waals surface area contributed by atoms with Crippen LogP contribution in [-0.4, -0.2) is 15.5 Å².